The van der Waals surface area contributed by atoms with E-state index in [-0.39, 0.29) is 11.9 Å². The Balaban J connectivity index is 1.97. The van der Waals surface area contributed by atoms with E-state index in [1.54, 1.807) is 18.2 Å². The predicted molar refractivity (Wildman–Crippen MR) is 79.4 cm³/mol. The van der Waals surface area contributed by atoms with Crippen LogP contribution in [0.5, 0.6) is 0 Å². The molecule has 104 valence electrons. The van der Waals surface area contributed by atoms with Gasteiger partial charge in [0.25, 0.3) is 5.91 Å². The average molecular weight is 281 g/mol. The van der Waals surface area contributed by atoms with Crippen LogP contribution in [0.25, 0.3) is 0 Å². The van der Waals surface area contributed by atoms with Crippen molar-refractivity contribution in [2.45, 2.75) is 45.1 Å². The number of hydrogen-bond donors (Lipinski definition) is 2. The summed E-state index contributed by atoms with van der Waals surface area (Å²) in [6, 6.07) is 5.22. The van der Waals surface area contributed by atoms with E-state index in [0.29, 0.717) is 22.2 Å². The van der Waals surface area contributed by atoms with Crippen LogP contribution in [-0.4, -0.2) is 11.9 Å². The molecule has 0 spiro atoms. The largest absolute Gasteiger partial charge is 0.398 e. The van der Waals surface area contributed by atoms with Gasteiger partial charge in [0.2, 0.25) is 0 Å². The van der Waals surface area contributed by atoms with Crippen molar-refractivity contribution in [2.75, 3.05) is 5.73 Å². The molecule has 0 bridgehead atoms. The summed E-state index contributed by atoms with van der Waals surface area (Å²) in [6.07, 6.45) is 6.30. The number of nitrogens with two attached hydrogens (primary N) is 1. The number of hydrogen-bond acceptors (Lipinski definition) is 2. The Morgan fingerprint density at radius 2 is 2.05 bits per heavy atom. The molecule has 1 aliphatic rings. The Labute approximate surface area is 119 Å². The van der Waals surface area contributed by atoms with E-state index in [1.165, 1.54) is 32.1 Å². The summed E-state index contributed by atoms with van der Waals surface area (Å²) in [7, 11) is 0. The molecule has 1 fully saturated rings. The molecule has 0 saturated heterocycles. The topological polar surface area (TPSA) is 55.1 Å². The fourth-order valence-corrected chi connectivity index (χ4v) is 2.89. The first-order valence-corrected chi connectivity index (χ1v) is 7.31. The molecule has 0 radical (unpaired) electrons. The summed E-state index contributed by atoms with van der Waals surface area (Å²) < 4.78 is 0. The highest BCUT2D eigenvalue weighted by Crippen LogP contribution is 2.26. The van der Waals surface area contributed by atoms with Gasteiger partial charge in [0, 0.05) is 11.6 Å². The molecule has 0 heterocycles. The lowest BCUT2D eigenvalue weighted by Crippen LogP contribution is -2.38. The molecule has 1 amide bonds. The highest BCUT2D eigenvalue weighted by atomic mass is 35.5. The lowest BCUT2D eigenvalue weighted by atomic mass is 9.84. The summed E-state index contributed by atoms with van der Waals surface area (Å²) >= 11 is 5.94. The fraction of sp³-hybridized carbons (Fsp3) is 0.533. The molecule has 1 saturated carbocycles. The van der Waals surface area contributed by atoms with E-state index in [2.05, 4.69) is 12.2 Å². The van der Waals surface area contributed by atoms with Gasteiger partial charge in [-0.1, -0.05) is 30.9 Å². The highest BCUT2D eigenvalue weighted by molar-refractivity contribution is 6.33. The minimum Gasteiger partial charge on any atom is -0.398 e. The Hall–Kier alpha value is -1.22. The van der Waals surface area contributed by atoms with Crippen LogP contribution in [0.1, 0.15) is 49.4 Å². The first kappa shape index (κ1) is 14.2. The zero-order chi connectivity index (χ0) is 13.8. The van der Waals surface area contributed by atoms with Gasteiger partial charge in [0.1, 0.15) is 0 Å². The molecule has 1 aromatic carbocycles. The maximum atomic E-state index is 12.2. The molecule has 1 aliphatic carbocycles. The normalized spacial score (nSPS) is 18.0. The van der Waals surface area contributed by atoms with Crippen LogP contribution in [0.2, 0.25) is 5.02 Å². The number of rotatable bonds is 3. The Bertz CT molecular complexity index is 455. The van der Waals surface area contributed by atoms with Gasteiger partial charge in [-0.2, -0.15) is 0 Å². The molecule has 1 aromatic rings. The van der Waals surface area contributed by atoms with Crippen molar-refractivity contribution in [3.8, 4) is 0 Å². The van der Waals surface area contributed by atoms with Gasteiger partial charge in [-0.3, -0.25) is 4.79 Å². The third kappa shape index (κ3) is 3.63. The quantitative estimate of drug-likeness (QED) is 0.831. The van der Waals surface area contributed by atoms with Crippen molar-refractivity contribution in [1.82, 2.24) is 5.32 Å². The van der Waals surface area contributed by atoms with E-state index in [4.69, 9.17) is 17.3 Å². The molecule has 1 atom stereocenters. The number of benzene rings is 1. The molecule has 4 heteroatoms. The molecular formula is C15H21ClN2O. The number of nitrogen functional groups attached to an aromatic ring is 1. The first-order chi connectivity index (χ1) is 9.08. The predicted octanol–water partition coefficient (Wildman–Crippen LogP) is 3.62. The standard InChI is InChI=1S/C15H21ClN2O/c1-10(11-5-3-2-4-6-11)18-15(19)12-7-8-14(17)13(16)9-12/h7-11H,2-6,17H2,1H3,(H,18,19)/t10-/m0/s1. The monoisotopic (exact) mass is 280 g/mol. The third-order valence-corrected chi connectivity index (χ3v) is 4.31. The van der Waals surface area contributed by atoms with Crippen LogP contribution >= 0.6 is 11.6 Å². The molecule has 3 N–H and O–H groups in total. The molecule has 0 aliphatic heterocycles. The number of carbonyl (C=O) groups is 1. The van der Waals surface area contributed by atoms with Crippen molar-refractivity contribution in [3.05, 3.63) is 28.8 Å². The van der Waals surface area contributed by atoms with Gasteiger partial charge in [0.05, 0.1) is 10.7 Å². The Kier molecular flexibility index (Phi) is 4.70. The average Bonchev–Trinajstić information content (AvgIpc) is 2.42. The van der Waals surface area contributed by atoms with E-state index in [9.17, 15) is 4.79 Å². The van der Waals surface area contributed by atoms with Gasteiger partial charge in [-0.05, 0) is 43.9 Å². The molecule has 3 nitrogen and oxygen atoms in total. The zero-order valence-electron chi connectivity index (χ0n) is 11.3. The number of anilines is 1. The van der Waals surface area contributed by atoms with Crippen LogP contribution in [0, 0.1) is 5.92 Å². The second-order valence-corrected chi connectivity index (χ2v) is 5.80. The summed E-state index contributed by atoms with van der Waals surface area (Å²) in [5.74, 6) is 0.530. The number of carbonyl (C=O) groups excluding carboxylic acids is 1. The summed E-state index contributed by atoms with van der Waals surface area (Å²) in [5.41, 5.74) is 6.71. The SMILES string of the molecule is C[C@H](NC(=O)c1ccc(N)c(Cl)c1)C1CCCCC1. The smallest absolute Gasteiger partial charge is 0.251 e. The number of halogens is 1. The van der Waals surface area contributed by atoms with Crippen molar-refractivity contribution in [3.63, 3.8) is 0 Å². The highest BCUT2D eigenvalue weighted by Gasteiger charge is 2.21. The van der Waals surface area contributed by atoms with Crippen LogP contribution in [0.4, 0.5) is 5.69 Å². The lowest BCUT2D eigenvalue weighted by molar-refractivity contribution is 0.0919. The van der Waals surface area contributed by atoms with E-state index >= 15 is 0 Å². The van der Waals surface area contributed by atoms with Gasteiger partial charge in [-0.15, -0.1) is 0 Å². The minimum atomic E-state index is -0.0695. The third-order valence-electron chi connectivity index (χ3n) is 3.98. The van der Waals surface area contributed by atoms with Crippen LogP contribution < -0.4 is 11.1 Å². The van der Waals surface area contributed by atoms with Crippen molar-refractivity contribution in [1.29, 1.82) is 0 Å². The van der Waals surface area contributed by atoms with Gasteiger partial charge >= 0.3 is 0 Å². The maximum Gasteiger partial charge on any atom is 0.251 e. The fourth-order valence-electron chi connectivity index (χ4n) is 2.71. The molecule has 0 aromatic heterocycles. The molecule has 2 rings (SSSR count). The first-order valence-electron chi connectivity index (χ1n) is 6.94. The molecule has 19 heavy (non-hydrogen) atoms. The zero-order valence-corrected chi connectivity index (χ0v) is 12.0. The van der Waals surface area contributed by atoms with Gasteiger partial charge in [-0.25, -0.2) is 0 Å². The second kappa shape index (κ2) is 6.29. The summed E-state index contributed by atoms with van der Waals surface area (Å²) in [6.45, 7) is 2.09. The van der Waals surface area contributed by atoms with Gasteiger partial charge < -0.3 is 11.1 Å². The molecule has 0 unspecified atom stereocenters. The Morgan fingerprint density at radius 1 is 1.37 bits per heavy atom. The summed E-state index contributed by atoms with van der Waals surface area (Å²) in [4.78, 5) is 12.2. The van der Waals surface area contributed by atoms with Crippen LogP contribution in [0.3, 0.4) is 0 Å². The Morgan fingerprint density at radius 3 is 2.68 bits per heavy atom. The number of nitrogens with one attached hydrogen (secondary N) is 1. The minimum absolute atomic E-state index is 0.0695. The van der Waals surface area contributed by atoms with Crippen LogP contribution in [-0.2, 0) is 0 Å². The second-order valence-electron chi connectivity index (χ2n) is 5.40. The number of amides is 1. The van der Waals surface area contributed by atoms with Crippen molar-refractivity contribution >= 4 is 23.2 Å². The summed E-state index contributed by atoms with van der Waals surface area (Å²) in [5, 5.41) is 3.50. The molecular weight excluding hydrogens is 260 g/mol. The van der Waals surface area contributed by atoms with Crippen LogP contribution in [0.15, 0.2) is 18.2 Å². The van der Waals surface area contributed by atoms with E-state index < -0.39 is 0 Å². The maximum absolute atomic E-state index is 12.2. The van der Waals surface area contributed by atoms with Gasteiger partial charge in [0.15, 0.2) is 0 Å². The van der Waals surface area contributed by atoms with E-state index in [0.717, 1.165) is 0 Å². The lowest BCUT2D eigenvalue weighted by Gasteiger charge is -2.28. The van der Waals surface area contributed by atoms with Crippen molar-refractivity contribution < 1.29 is 4.79 Å². The van der Waals surface area contributed by atoms with Crippen molar-refractivity contribution in [2.24, 2.45) is 5.92 Å². The van der Waals surface area contributed by atoms with E-state index in [1.807, 2.05) is 0 Å².